The van der Waals surface area contributed by atoms with Crippen LogP contribution < -0.4 is 4.74 Å². The maximum atomic E-state index is 11.7. The highest BCUT2D eigenvalue weighted by Gasteiger charge is 2.59. The molecule has 0 aromatic heterocycles. The Morgan fingerprint density at radius 1 is 1.37 bits per heavy atom. The summed E-state index contributed by atoms with van der Waals surface area (Å²) in [6.07, 6.45) is -0.500. The van der Waals surface area contributed by atoms with Gasteiger partial charge in [0, 0.05) is 0 Å². The van der Waals surface area contributed by atoms with Gasteiger partial charge in [-0.25, -0.2) is 4.79 Å². The molecule has 0 radical (unpaired) electrons. The lowest BCUT2D eigenvalue weighted by Crippen LogP contribution is -2.19. The number of benzene rings is 1. The van der Waals surface area contributed by atoms with Crippen molar-refractivity contribution >= 4 is 5.97 Å². The Labute approximate surface area is 113 Å². The van der Waals surface area contributed by atoms with E-state index >= 15 is 0 Å². The molecule has 0 spiro atoms. The molecule has 1 heterocycles. The molecule has 4 heteroatoms. The van der Waals surface area contributed by atoms with Crippen molar-refractivity contribution in [3.63, 3.8) is 0 Å². The molecule has 0 aliphatic carbocycles. The molecular weight excluding hydrogens is 244 g/mol. The van der Waals surface area contributed by atoms with E-state index in [2.05, 4.69) is 0 Å². The fraction of sp³-hybridized carbons (Fsp3) is 0.533. The predicted octanol–water partition coefficient (Wildman–Crippen LogP) is 2.49. The number of hydrogen-bond donors (Lipinski definition) is 0. The number of methoxy groups -OCH3 is 1. The Bertz CT molecular complexity index is 486. The number of carbonyl (C=O) groups excluding carboxylic acids is 1. The Kier molecular flexibility index (Phi) is 3.54. The lowest BCUT2D eigenvalue weighted by Gasteiger charge is -2.13. The topological polar surface area (TPSA) is 48.1 Å². The average Bonchev–Trinajstić information content (AvgIpc) is 3.03. The largest absolute Gasteiger partial charge is 0.496 e. The Hall–Kier alpha value is -1.55. The van der Waals surface area contributed by atoms with Crippen LogP contribution in [0.5, 0.6) is 5.75 Å². The highest BCUT2D eigenvalue weighted by molar-refractivity contribution is 5.80. The number of rotatable bonds is 4. The van der Waals surface area contributed by atoms with Crippen molar-refractivity contribution in [3.8, 4) is 5.75 Å². The van der Waals surface area contributed by atoms with Crippen LogP contribution in [0.4, 0.5) is 0 Å². The highest BCUT2D eigenvalue weighted by Crippen LogP contribution is 2.47. The smallest absolute Gasteiger partial charge is 0.338 e. The maximum absolute atomic E-state index is 11.7. The quantitative estimate of drug-likeness (QED) is 0.619. The van der Waals surface area contributed by atoms with Gasteiger partial charge >= 0.3 is 5.97 Å². The molecule has 1 fully saturated rings. The molecule has 1 aliphatic rings. The fourth-order valence-electron chi connectivity index (χ4n) is 2.48. The molecule has 1 aromatic rings. The van der Waals surface area contributed by atoms with E-state index in [4.69, 9.17) is 14.2 Å². The third-order valence-electron chi connectivity index (χ3n) is 3.54. The van der Waals surface area contributed by atoms with Gasteiger partial charge in [0.15, 0.2) is 6.10 Å². The summed E-state index contributed by atoms with van der Waals surface area (Å²) in [5, 5.41) is 0. The Morgan fingerprint density at radius 3 is 2.42 bits per heavy atom. The third-order valence-corrected chi connectivity index (χ3v) is 3.54. The van der Waals surface area contributed by atoms with Crippen molar-refractivity contribution in [2.75, 3.05) is 13.7 Å². The summed E-state index contributed by atoms with van der Waals surface area (Å²) in [6, 6.07) is 4.01. The standard InChI is InChI=1S/C15H20O4/c1-6-18-14(16)13-15(4,19-13)11-7-9(2)12(17-5)10(3)8-11/h7-8,13H,6H2,1-5H3. The minimum absolute atomic E-state index is 0.295. The van der Waals surface area contributed by atoms with E-state index in [1.165, 1.54) is 0 Å². The van der Waals surface area contributed by atoms with Gasteiger partial charge in [0.2, 0.25) is 0 Å². The van der Waals surface area contributed by atoms with Crippen LogP contribution in [0.1, 0.15) is 30.5 Å². The zero-order valence-corrected chi connectivity index (χ0v) is 12.1. The van der Waals surface area contributed by atoms with Gasteiger partial charge in [-0.1, -0.05) is 0 Å². The minimum Gasteiger partial charge on any atom is -0.496 e. The highest BCUT2D eigenvalue weighted by atomic mass is 16.7. The number of ether oxygens (including phenoxy) is 3. The van der Waals surface area contributed by atoms with Gasteiger partial charge in [0.1, 0.15) is 11.4 Å². The molecule has 1 saturated heterocycles. The summed E-state index contributed by atoms with van der Waals surface area (Å²) in [7, 11) is 1.66. The van der Waals surface area contributed by atoms with E-state index in [-0.39, 0.29) is 5.97 Å². The predicted molar refractivity (Wildman–Crippen MR) is 71.3 cm³/mol. The lowest BCUT2D eigenvalue weighted by atomic mass is 9.93. The van der Waals surface area contributed by atoms with E-state index < -0.39 is 11.7 Å². The number of esters is 1. The SMILES string of the molecule is CCOC(=O)C1OC1(C)c1cc(C)c(OC)c(C)c1. The van der Waals surface area contributed by atoms with Crippen LogP contribution in [0.3, 0.4) is 0 Å². The van der Waals surface area contributed by atoms with Gasteiger partial charge in [-0.2, -0.15) is 0 Å². The molecule has 0 amide bonds. The van der Waals surface area contributed by atoms with E-state index in [0.717, 1.165) is 22.4 Å². The van der Waals surface area contributed by atoms with Gasteiger partial charge in [-0.3, -0.25) is 0 Å². The van der Waals surface area contributed by atoms with Crippen molar-refractivity contribution in [1.82, 2.24) is 0 Å². The summed E-state index contributed by atoms with van der Waals surface area (Å²) in [5.41, 5.74) is 2.49. The monoisotopic (exact) mass is 264 g/mol. The second-order valence-corrected chi connectivity index (χ2v) is 5.00. The molecule has 0 N–H and O–H groups in total. The number of carbonyl (C=O) groups is 1. The van der Waals surface area contributed by atoms with E-state index in [9.17, 15) is 4.79 Å². The minimum atomic E-state index is -0.575. The van der Waals surface area contributed by atoms with Crippen LogP contribution in [-0.4, -0.2) is 25.8 Å². The van der Waals surface area contributed by atoms with E-state index in [1.54, 1.807) is 14.0 Å². The van der Waals surface area contributed by atoms with Crippen LogP contribution in [-0.2, 0) is 19.9 Å². The molecule has 1 aromatic carbocycles. The van der Waals surface area contributed by atoms with Crippen molar-refractivity contribution in [1.29, 1.82) is 0 Å². The van der Waals surface area contributed by atoms with Gasteiger partial charge in [-0.15, -0.1) is 0 Å². The molecule has 0 bridgehead atoms. The average molecular weight is 264 g/mol. The van der Waals surface area contributed by atoms with Crippen molar-refractivity contribution in [3.05, 3.63) is 28.8 Å². The zero-order chi connectivity index (χ0) is 14.2. The summed E-state index contributed by atoms with van der Waals surface area (Å²) in [4.78, 5) is 11.7. The Balaban J connectivity index is 2.27. The molecule has 0 saturated carbocycles. The van der Waals surface area contributed by atoms with Crippen LogP contribution in [0, 0.1) is 13.8 Å². The normalized spacial score (nSPS) is 25.0. The van der Waals surface area contributed by atoms with E-state index in [1.807, 2.05) is 32.9 Å². The van der Waals surface area contributed by atoms with Crippen molar-refractivity contribution in [2.45, 2.75) is 39.4 Å². The summed E-state index contributed by atoms with van der Waals surface area (Å²) in [6.45, 7) is 8.05. The van der Waals surface area contributed by atoms with Gasteiger partial charge in [0.05, 0.1) is 13.7 Å². The third kappa shape index (κ3) is 2.32. The molecule has 104 valence electrons. The molecule has 1 aliphatic heterocycles. The van der Waals surface area contributed by atoms with E-state index in [0.29, 0.717) is 6.61 Å². The van der Waals surface area contributed by atoms with Crippen LogP contribution in [0.25, 0.3) is 0 Å². The molecule has 19 heavy (non-hydrogen) atoms. The lowest BCUT2D eigenvalue weighted by molar-refractivity contribution is -0.144. The molecule has 4 nitrogen and oxygen atoms in total. The summed E-state index contributed by atoms with van der Waals surface area (Å²) >= 11 is 0. The summed E-state index contributed by atoms with van der Waals surface area (Å²) in [5.74, 6) is 0.580. The molecule has 2 unspecified atom stereocenters. The molecular formula is C15H20O4. The first-order valence-electron chi connectivity index (χ1n) is 6.44. The van der Waals surface area contributed by atoms with Gasteiger partial charge in [0.25, 0.3) is 0 Å². The molecule has 2 rings (SSSR count). The van der Waals surface area contributed by atoms with Crippen LogP contribution >= 0.6 is 0 Å². The first kappa shape index (κ1) is 13.9. The van der Waals surface area contributed by atoms with Crippen molar-refractivity contribution in [2.24, 2.45) is 0 Å². The second kappa shape index (κ2) is 4.85. The first-order chi connectivity index (χ1) is 8.93. The number of epoxide rings is 1. The number of hydrogen-bond acceptors (Lipinski definition) is 4. The summed E-state index contributed by atoms with van der Waals surface area (Å²) < 4.78 is 15.9. The fourth-order valence-corrected chi connectivity index (χ4v) is 2.48. The Morgan fingerprint density at radius 2 is 1.95 bits per heavy atom. The number of aryl methyl sites for hydroxylation is 2. The van der Waals surface area contributed by atoms with Gasteiger partial charge < -0.3 is 14.2 Å². The van der Waals surface area contributed by atoms with Crippen LogP contribution in [0.2, 0.25) is 0 Å². The first-order valence-corrected chi connectivity index (χ1v) is 6.44. The van der Waals surface area contributed by atoms with Gasteiger partial charge in [-0.05, 0) is 56.5 Å². The zero-order valence-electron chi connectivity index (χ0n) is 12.1. The maximum Gasteiger partial charge on any atom is 0.338 e. The van der Waals surface area contributed by atoms with Crippen molar-refractivity contribution < 1.29 is 19.0 Å². The molecule has 2 atom stereocenters. The second-order valence-electron chi connectivity index (χ2n) is 5.00. The van der Waals surface area contributed by atoms with Crippen LogP contribution in [0.15, 0.2) is 12.1 Å².